The van der Waals surface area contributed by atoms with Crippen molar-refractivity contribution in [3.05, 3.63) is 290 Å². The molecular weight excluding hydrogens is 1490 g/mol. The number of nitrogens with zero attached hydrogens (tertiary/aromatic N) is 18. The third-order valence-electron chi connectivity index (χ3n) is 24.3. The minimum Gasteiger partial charge on any atom is -0.454 e. The van der Waals surface area contributed by atoms with E-state index in [1.807, 2.05) is 99.0 Å². The molecule has 120 heavy (non-hydrogen) atoms. The van der Waals surface area contributed by atoms with Crippen molar-refractivity contribution >= 4 is 135 Å². The molecule has 0 N–H and O–H groups in total. The molecule has 0 radical (unpaired) electrons. The molecule has 0 spiro atoms. The minimum absolute atomic E-state index is 0.220. The molecule has 0 aliphatic carbocycles. The van der Waals surface area contributed by atoms with Gasteiger partial charge >= 0.3 is 0 Å². The molecule has 21 heteroatoms. The Hall–Kier alpha value is -13.6. The van der Waals surface area contributed by atoms with Crippen LogP contribution >= 0.6 is 0 Å². The number of fused-ring (bicyclic) bond motifs is 12. The molecule has 0 amide bonds. The largest absolute Gasteiger partial charge is 0.454 e. The first-order valence-electron chi connectivity index (χ1n) is 42.7. The van der Waals surface area contributed by atoms with Crippen LogP contribution in [-0.2, 0) is 0 Å². The van der Waals surface area contributed by atoms with Gasteiger partial charge in [0.05, 0.1) is 41.3 Å². The van der Waals surface area contributed by atoms with Crippen LogP contribution in [0.2, 0.25) is 0 Å². The highest BCUT2D eigenvalue weighted by molar-refractivity contribution is 6.12. The summed E-state index contributed by atoms with van der Waals surface area (Å²) in [5, 5.41) is 6.83. The lowest BCUT2D eigenvalue weighted by Crippen LogP contribution is -2.39. The lowest BCUT2D eigenvalue weighted by atomic mass is 10.1. The molecule has 6 aliphatic rings. The average molecular weight is 1600 g/mol. The van der Waals surface area contributed by atoms with Crippen LogP contribution in [0, 0.1) is 48.5 Å². The first kappa shape index (κ1) is 76.4. The fourth-order valence-electron chi connectivity index (χ4n) is 17.1. The second-order valence-corrected chi connectivity index (χ2v) is 32.1. The van der Waals surface area contributed by atoms with Gasteiger partial charge < -0.3 is 72.1 Å². The van der Waals surface area contributed by atoms with Crippen molar-refractivity contribution in [2.75, 3.05) is 79.3 Å². The van der Waals surface area contributed by atoms with E-state index in [4.69, 9.17) is 17.4 Å². The highest BCUT2D eigenvalue weighted by atomic mass is 16.3. The molecular formula is C99H108N18O3. The molecule has 15 aromatic rings. The number of hydrogen-bond acceptors (Lipinski definition) is 21. The van der Waals surface area contributed by atoms with Gasteiger partial charge in [0.2, 0.25) is 0 Å². The summed E-state index contributed by atoms with van der Waals surface area (Å²) in [7, 11) is 8.29. The number of furan rings is 3. The maximum atomic E-state index is 7.67. The summed E-state index contributed by atoms with van der Waals surface area (Å²) in [6, 6.07) is 62.9. The van der Waals surface area contributed by atoms with Crippen LogP contribution in [0.15, 0.2) is 264 Å². The quantitative estimate of drug-likeness (QED) is 0.148. The maximum absolute atomic E-state index is 7.67. The molecule has 9 aromatic carbocycles. The minimum atomic E-state index is -2.17. The summed E-state index contributed by atoms with van der Waals surface area (Å²) in [6.07, 6.45) is 21.8. The van der Waals surface area contributed by atoms with Crippen LogP contribution in [0.1, 0.15) is 98.6 Å². The van der Waals surface area contributed by atoms with Crippen molar-refractivity contribution in [1.82, 2.24) is 44.6 Å². The van der Waals surface area contributed by atoms with E-state index < -0.39 is 6.98 Å². The number of aromatic nitrogens is 6. The molecule has 21 rings (SSSR count). The summed E-state index contributed by atoms with van der Waals surface area (Å²) in [6.45, 7) is 29.8. The monoisotopic (exact) mass is 1600 g/mol. The van der Waals surface area contributed by atoms with E-state index in [-0.39, 0.29) is 30.8 Å². The summed E-state index contributed by atoms with van der Waals surface area (Å²) in [4.78, 5) is 52.1. The number of para-hydroxylation sites is 6. The Morgan fingerprint density at radius 2 is 0.708 bits per heavy atom. The lowest BCUT2D eigenvalue weighted by molar-refractivity contribution is 0.263. The molecule has 6 aromatic heterocycles. The topological polar surface area (TPSA) is 156 Å². The van der Waals surface area contributed by atoms with Gasteiger partial charge in [-0.1, -0.05) is 146 Å². The molecule has 0 saturated carbocycles. The first-order chi connectivity index (χ1) is 59.1. The van der Waals surface area contributed by atoms with Crippen molar-refractivity contribution < 1.29 is 17.4 Å². The van der Waals surface area contributed by atoms with Crippen molar-refractivity contribution in [3.63, 3.8) is 0 Å². The predicted molar refractivity (Wildman–Crippen MR) is 495 cm³/mol. The zero-order valence-corrected chi connectivity index (χ0v) is 72.0. The fourth-order valence-corrected chi connectivity index (χ4v) is 17.1. The summed E-state index contributed by atoms with van der Waals surface area (Å²) < 4.78 is 41.5. The van der Waals surface area contributed by atoms with Crippen molar-refractivity contribution in [1.29, 1.82) is 0 Å². The second kappa shape index (κ2) is 33.1. The van der Waals surface area contributed by atoms with Crippen LogP contribution in [0.4, 0.5) is 68.8 Å². The normalized spacial score (nSPS) is 18.6. The van der Waals surface area contributed by atoms with Gasteiger partial charge in [0.1, 0.15) is 77.8 Å². The van der Waals surface area contributed by atoms with Crippen LogP contribution < -0.4 is 44.1 Å². The zero-order valence-electron chi connectivity index (χ0n) is 75.0. The van der Waals surface area contributed by atoms with E-state index in [0.29, 0.717) is 12.2 Å². The van der Waals surface area contributed by atoms with Gasteiger partial charge in [0.25, 0.3) is 0 Å². The Labute approximate surface area is 708 Å². The molecule has 0 unspecified atom stereocenters. The predicted octanol–water partition coefficient (Wildman–Crippen LogP) is 22.6. The first-order valence-corrected chi connectivity index (χ1v) is 41.2. The molecule has 6 aliphatic heterocycles. The van der Waals surface area contributed by atoms with Gasteiger partial charge in [-0.3, -0.25) is 0 Å². The van der Waals surface area contributed by atoms with E-state index in [1.54, 1.807) is 18.9 Å². The molecule has 0 saturated heterocycles. The van der Waals surface area contributed by atoms with Gasteiger partial charge in [-0.2, -0.15) is 0 Å². The average Bonchev–Trinajstić information content (AvgIpc) is 1.61. The van der Waals surface area contributed by atoms with E-state index >= 15 is 0 Å². The zero-order chi connectivity index (χ0) is 86.7. The molecule has 0 fully saturated rings. The van der Waals surface area contributed by atoms with E-state index in [9.17, 15) is 0 Å². The molecule has 0 bridgehead atoms. The van der Waals surface area contributed by atoms with Crippen molar-refractivity contribution in [2.45, 2.75) is 147 Å². The third-order valence-corrected chi connectivity index (χ3v) is 24.3. The smallest absolute Gasteiger partial charge is 0.178 e. The standard InChI is InChI=1S/C20H22N2O.2C18H18N2O.C15H18N4.2C14H16N4/c1-13(2)21-11-12-22(15(21)4)19-14(3)9-10-17-16-7-5-6-8-18(16)23-20(17)19;2*1-12-8-9-15-14-6-4-5-7-16(14)21-18(15)17(12)20-11-10-19(3)13(20)2;1-10-7-5-6-8-13(10)19-12(3)18(4)14-15(19)17-11(2)9-16-14;1-10-6-4-5-7-12(10)18-11(2)17(3)14-13(18)8-15-9-16-14;1-10-6-4-5-7-12(10)18-11(2)17(3)13-8-15-9-16-14(13)18/h5-13,15H,1-4H3;2*4-11,13H,1-3H3;5-9,12H,1-4H3;2*4-9,11H,1-3H3/t15-;2*13-;12-;2*11-/m000000/s1/i;3D3;;;;. The van der Waals surface area contributed by atoms with Crippen LogP contribution in [0.25, 0.3) is 65.8 Å². The third kappa shape index (κ3) is 14.5. The highest BCUT2D eigenvalue weighted by Crippen LogP contribution is 2.48. The maximum Gasteiger partial charge on any atom is 0.178 e. The highest BCUT2D eigenvalue weighted by Gasteiger charge is 2.38. The molecule has 6 atom stereocenters. The SMILES string of the molecule is Cc1ccc2c(oc3ccccc32)c1N1C=CN(C(C)C)[C@@H]1C.Cc1ccc2c(oc3ccccc32)c1N1C=CN(C)[C@@H]1C.Cc1ccccc1N1c2cncnc2N(C)[C@@H]1C.Cc1ccccc1N1c2ncncc2N(C)[C@@H]1C.Cc1cnc2c(n1)N(c1ccccc1C)[C@@H](C)N2C.[2H]C([2H])([2H])N1C=CN(c2c(C)ccc3c2oc2ccccc23)[C@H]1C. The van der Waals surface area contributed by atoms with E-state index in [0.717, 1.165) is 102 Å². The van der Waals surface area contributed by atoms with Crippen molar-refractivity contribution in [2.24, 2.45) is 0 Å². The van der Waals surface area contributed by atoms with Gasteiger partial charge in [-0.15, -0.1) is 0 Å². The Bertz CT molecular complexity index is 6410. The molecule has 612 valence electrons. The summed E-state index contributed by atoms with van der Waals surface area (Å²) >= 11 is 0. The van der Waals surface area contributed by atoms with Gasteiger partial charge in [-0.25, -0.2) is 29.9 Å². The fraction of sp³-hybridized carbons (Fsp3) is 0.273. The number of benzene rings is 9. The van der Waals surface area contributed by atoms with Crippen LogP contribution in [-0.4, -0.2) is 123 Å². The Morgan fingerprint density at radius 1 is 0.325 bits per heavy atom. The number of anilines is 12. The van der Waals surface area contributed by atoms with Crippen molar-refractivity contribution in [3.8, 4) is 0 Å². The number of rotatable bonds is 7. The Morgan fingerprint density at radius 3 is 1.15 bits per heavy atom. The lowest BCUT2D eigenvalue weighted by Gasteiger charge is -2.33. The summed E-state index contributed by atoms with van der Waals surface area (Å²) in [5.41, 5.74) is 22.7. The number of hydrogen-bond donors (Lipinski definition) is 0. The van der Waals surface area contributed by atoms with Gasteiger partial charge in [0.15, 0.2) is 40.0 Å². The summed E-state index contributed by atoms with van der Waals surface area (Å²) in [5.74, 6) is 3.86. The Kier molecular flexibility index (Phi) is 21.1. The molecule has 21 nitrogen and oxygen atoms in total. The van der Waals surface area contributed by atoms with Gasteiger partial charge in [0, 0.05) is 132 Å². The van der Waals surface area contributed by atoms with Gasteiger partial charge in [-0.05, 0) is 174 Å². The van der Waals surface area contributed by atoms with E-state index in [2.05, 4.69) is 348 Å². The van der Waals surface area contributed by atoms with Crippen LogP contribution in [0.5, 0.6) is 0 Å². The number of aryl methyl sites for hydroxylation is 7. The Balaban J connectivity index is 0.000000110. The van der Waals surface area contributed by atoms with Crippen LogP contribution in [0.3, 0.4) is 0 Å². The molecule has 12 heterocycles. The second-order valence-electron chi connectivity index (χ2n) is 32.1. The van der Waals surface area contributed by atoms with E-state index in [1.165, 1.54) is 77.0 Å².